The summed E-state index contributed by atoms with van der Waals surface area (Å²) in [6.07, 6.45) is 0.551. The molecule has 33 heavy (non-hydrogen) atoms. The Hall–Kier alpha value is -2.29. The first-order valence-electron chi connectivity index (χ1n) is 11.1. The molecule has 180 valence electrons. The number of nitrogens with zero attached hydrogens (tertiary/aromatic N) is 2. The van der Waals surface area contributed by atoms with E-state index >= 15 is 0 Å². The van der Waals surface area contributed by atoms with Crippen LogP contribution in [0.4, 0.5) is 25.1 Å². The lowest BCUT2D eigenvalue weighted by Gasteiger charge is -2.40. The van der Waals surface area contributed by atoms with Gasteiger partial charge in [-0.05, 0) is 61.1 Å². The zero-order valence-corrected chi connectivity index (χ0v) is 19.3. The lowest BCUT2D eigenvalue weighted by molar-refractivity contribution is -0.131. The minimum absolute atomic E-state index is 0.0319. The van der Waals surface area contributed by atoms with E-state index in [4.69, 9.17) is 0 Å². The minimum Gasteiger partial charge on any atom is -0.371 e. The quantitative estimate of drug-likeness (QED) is 0.451. The molecule has 2 aromatic carbocycles. The van der Waals surface area contributed by atoms with Gasteiger partial charge in [0, 0.05) is 49.6 Å². The van der Waals surface area contributed by atoms with Crippen LogP contribution >= 0.6 is 10.2 Å². The van der Waals surface area contributed by atoms with Crippen molar-refractivity contribution in [1.82, 2.24) is 4.90 Å². The van der Waals surface area contributed by atoms with Gasteiger partial charge in [0.1, 0.15) is 4.90 Å². The van der Waals surface area contributed by atoms with Gasteiger partial charge >= 0.3 is 10.2 Å². The third kappa shape index (κ3) is 4.32. The lowest BCUT2D eigenvalue weighted by atomic mass is 10.0. The third-order valence-corrected chi connectivity index (χ3v) is 8.53. The Labute approximate surface area is 190 Å². The summed E-state index contributed by atoms with van der Waals surface area (Å²) < 4.78 is 64.7. The highest BCUT2D eigenvalue weighted by molar-refractivity contribution is 8.45. The van der Waals surface area contributed by atoms with Crippen molar-refractivity contribution in [2.24, 2.45) is 17.8 Å². The molecule has 0 spiro atoms. The summed E-state index contributed by atoms with van der Waals surface area (Å²) in [6.45, 7) is 7.38. The first-order valence-corrected chi connectivity index (χ1v) is 13.1. The fourth-order valence-electron chi connectivity index (χ4n) is 5.47. The van der Waals surface area contributed by atoms with Gasteiger partial charge in [-0.1, -0.05) is 43.7 Å². The number of anilines is 1. The molecule has 3 fully saturated rings. The van der Waals surface area contributed by atoms with Crippen molar-refractivity contribution in [3.05, 3.63) is 59.2 Å². The number of likely N-dealkylation sites (tertiary alicyclic amines) is 1. The van der Waals surface area contributed by atoms with E-state index in [9.17, 15) is 24.2 Å². The summed E-state index contributed by atoms with van der Waals surface area (Å²) in [4.78, 5) is 15.4. The maximum absolute atomic E-state index is 13.0. The van der Waals surface area contributed by atoms with Crippen LogP contribution in [0, 0.1) is 31.6 Å². The van der Waals surface area contributed by atoms with Gasteiger partial charge in [-0.3, -0.25) is 4.79 Å². The predicted molar refractivity (Wildman–Crippen MR) is 120 cm³/mol. The Morgan fingerprint density at radius 3 is 2.06 bits per heavy atom. The molecule has 2 heterocycles. The van der Waals surface area contributed by atoms with Gasteiger partial charge in [0.2, 0.25) is 5.91 Å². The van der Waals surface area contributed by atoms with E-state index in [0.717, 1.165) is 25.2 Å². The number of hydrogen-bond donors (Lipinski definition) is 0. The van der Waals surface area contributed by atoms with Crippen molar-refractivity contribution in [2.75, 3.05) is 31.1 Å². The molecule has 0 N–H and O–H groups in total. The average molecular weight is 487 g/mol. The van der Waals surface area contributed by atoms with Gasteiger partial charge < -0.3 is 9.80 Å². The Kier molecular flexibility index (Phi) is 4.53. The minimum atomic E-state index is -9.67. The van der Waals surface area contributed by atoms with Crippen LogP contribution in [0.3, 0.4) is 0 Å². The molecule has 0 aromatic heterocycles. The van der Waals surface area contributed by atoms with E-state index < -0.39 is 15.1 Å². The molecule has 0 radical (unpaired) electrons. The zero-order chi connectivity index (χ0) is 23.8. The Balaban J connectivity index is 1.20. The normalized spacial score (nSPS) is 28.9. The number of amides is 1. The van der Waals surface area contributed by atoms with Gasteiger partial charge in [0.05, 0.1) is 0 Å². The molecular weight excluding hydrogens is 459 g/mol. The Bertz CT molecular complexity index is 1110. The molecule has 2 aliphatic heterocycles. The smallest absolute Gasteiger partial charge is 0.310 e. The van der Waals surface area contributed by atoms with Crippen LogP contribution in [-0.4, -0.2) is 37.0 Å². The second kappa shape index (κ2) is 6.64. The Morgan fingerprint density at radius 1 is 0.879 bits per heavy atom. The zero-order valence-electron chi connectivity index (χ0n) is 18.5. The van der Waals surface area contributed by atoms with Crippen molar-refractivity contribution < 1.29 is 24.2 Å². The van der Waals surface area contributed by atoms with E-state index in [1.807, 2.05) is 4.90 Å². The molecule has 1 amide bonds. The van der Waals surface area contributed by atoms with Crippen LogP contribution in [0.15, 0.2) is 47.4 Å². The van der Waals surface area contributed by atoms with Crippen LogP contribution in [0.5, 0.6) is 0 Å². The number of carbonyl (C=O) groups excluding carboxylic acids is 1. The van der Waals surface area contributed by atoms with Crippen molar-refractivity contribution in [1.29, 1.82) is 0 Å². The first-order chi connectivity index (χ1) is 15.2. The van der Waals surface area contributed by atoms with E-state index in [-0.39, 0.29) is 17.7 Å². The second-order valence-electron chi connectivity index (χ2n) is 9.94. The molecule has 9 heteroatoms. The fraction of sp³-hybridized carbons (Fsp3) is 0.458. The fourth-order valence-corrected chi connectivity index (χ4v) is 6.12. The summed E-state index contributed by atoms with van der Waals surface area (Å²) >= 11 is 0. The largest absolute Gasteiger partial charge is 0.371 e. The molecule has 3 nitrogen and oxygen atoms in total. The number of aryl methyl sites for hydroxylation is 2. The van der Waals surface area contributed by atoms with Gasteiger partial charge in [0.25, 0.3) is 0 Å². The van der Waals surface area contributed by atoms with E-state index in [1.165, 1.54) is 16.8 Å². The van der Waals surface area contributed by atoms with Crippen LogP contribution in [0.1, 0.15) is 29.0 Å². The first kappa shape index (κ1) is 22.5. The van der Waals surface area contributed by atoms with Crippen LogP contribution < -0.4 is 4.90 Å². The average Bonchev–Trinajstić information content (AvgIpc) is 3.27. The predicted octanol–water partition coefficient (Wildman–Crippen LogP) is 6.66. The molecule has 2 saturated heterocycles. The number of fused-ring (bicyclic) bond motifs is 1. The highest BCUT2D eigenvalue weighted by Crippen LogP contribution is 3.02. The van der Waals surface area contributed by atoms with Crippen LogP contribution in [0.25, 0.3) is 0 Å². The molecule has 0 unspecified atom stereocenters. The summed E-state index contributed by atoms with van der Waals surface area (Å²) in [6, 6.07) is 9.50. The second-order valence-corrected chi connectivity index (χ2v) is 12.4. The maximum atomic E-state index is 13.0. The number of rotatable bonds is 4. The summed E-state index contributed by atoms with van der Waals surface area (Å²) in [7, 11) is -9.67. The topological polar surface area (TPSA) is 23.6 Å². The molecule has 5 rings (SSSR count). The highest BCUT2D eigenvalue weighted by atomic mass is 32.5. The monoisotopic (exact) mass is 486 g/mol. The summed E-state index contributed by atoms with van der Waals surface area (Å²) in [5.74, 6) is 0.372. The molecule has 4 atom stereocenters. The number of hydrogen-bond acceptors (Lipinski definition) is 2. The number of benzene rings is 2. The van der Waals surface area contributed by atoms with Crippen molar-refractivity contribution >= 4 is 21.8 Å². The van der Waals surface area contributed by atoms with Crippen molar-refractivity contribution in [2.45, 2.75) is 31.1 Å². The van der Waals surface area contributed by atoms with E-state index in [0.29, 0.717) is 49.0 Å². The maximum Gasteiger partial charge on any atom is 0.310 e. The number of carbonyl (C=O) groups is 1. The van der Waals surface area contributed by atoms with Gasteiger partial charge in [0.15, 0.2) is 0 Å². The number of halogens is 5. The molecule has 0 bridgehead atoms. The van der Waals surface area contributed by atoms with Crippen molar-refractivity contribution in [3.8, 4) is 0 Å². The molecule has 1 aliphatic carbocycles. The van der Waals surface area contributed by atoms with Gasteiger partial charge in [-0.15, -0.1) is 0 Å². The third-order valence-electron chi connectivity index (χ3n) is 7.36. The van der Waals surface area contributed by atoms with Crippen LogP contribution in [0.2, 0.25) is 0 Å². The van der Waals surface area contributed by atoms with Crippen LogP contribution in [-0.2, 0) is 4.79 Å². The summed E-state index contributed by atoms with van der Waals surface area (Å²) in [5, 5.41) is 0. The molecule has 3 aliphatic rings. The molecule has 2 aromatic rings. The Morgan fingerprint density at radius 2 is 1.48 bits per heavy atom. The van der Waals surface area contributed by atoms with Gasteiger partial charge in [-0.25, -0.2) is 0 Å². The van der Waals surface area contributed by atoms with E-state index in [2.05, 4.69) is 36.9 Å². The molecular formula is C24H27F5N2OS. The SMILES string of the molecule is Cc1ccc(C)c(N2C[C@H]3CN(C(=O)[C@@H]4C[C@@H]4c4ccc(S(F)(F)(F)(F)F)cc4)C[C@H]3C2)c1. The molecule has 1 saturated carbocycles. The highest BCUT2D eigenvalue weighted by Gasteiger charge is 2.65. The van der Waals surface area contributed by atoms with Crippen molar-refractivity contribution in [3.63, 3.8) is 0 Å². The van der Waals surface area contributed by atoms with Gasteiger partial charge in [-0.2, -0.15) is 0 Å². The standard InChI is InChI=1S/C24H27F5N2OS/c1-15-3-4-16(2)23(9-15)30-11-18-13-31(14-19(18)12-30)24(32)22-10-21(22)17-5-7-20(8-6-17)33(25,26,27,28)29/h3-9,18-19,21-22H,10-14H2,1-2H3/t18-,19+,21-,22-/m1/s1. The lowest BCUT2D eigenvalue weighted by Crippen LogP contribution is -2.34. The summed E-state index contributed by atoms with van der Waals surface area (Å²) in [5.41, 5.74) is 4.22. The van der Waals surface area contributed by atoms with E-state index in [1.54, 1.807) is 0 Å².